The van der Waals surface area contributed by atoms with Crippen molar-refractivity contribution in [3.8, 4) is 16.3 Å². The maximum absolute atomic E-state index is 13.0. The lowest BCUT2D eigenvalue weighted by Gasteiger charge is -2.16. The largest absolute Gasteiger partial charge is 0.488 e. The Morgan fingerprint density at radius 3 is 2.77 bits per heavy atom. The first-order chi connectivity index (χ1) is 14.5. The molecule has 0 spiro atoms. The second kappa shape index (κ2) is 8.93. The summed E-state index contributed by atoms with van der Waals surface area (Å²) in [6.07, 6.45) is 4.49. The Kier molecular flexibility index (Phi) is 6.11. The number of hydrogen-bond acceptors (Lipinski definition) is 6. The van der Waals surface area contributed by atoms with Crippen molar-refractivity contribution in [1.82, 2.24) is 15.3 Å². The molecule has 0 aliphatic carbocycles. The second-order valence-electron chi connectivity index (χ2n) is 7.58. The lowest BCUT2D eigenvalue weighted by molar-refractivity contribution is 0.0938. The number of carbonyl (C=O) groups is 1. The van der Waals surface area contributed by atoms with Gasteiger partial charge in [0.15, 0.2) is 0 Å². The average molecular weight is 424 g/mol. The fraction of sp³-hybridized carbons (Fsp3) is 0.348. The summed E-state index contributed by atoms with van der Waals surface area (Å²) in [5.41, 5.74) is 3.31. The van der Waals surface area contributed by atoms with Crippen LogP contribution < -0.4 is 10.1 Å². The highest BCUT2D eigenvalue weighted by Crippen LogP contribution is 2.30. The van der Waals surface area contributed by atoms with Gasteiger partial charge < -0.3 is 14.8 Å². The topological polar surface area (TPSA) is 73.3 Å². The molecule has 2 aromatic heterocycles. The zero-order chi connectivity index (χ0) is 21.1. The monoisotopic (exact) mass is 423 g/mol. The van der Waals surface area contributed by atoms with E-state index in [0.29, 0.717) is 24.5 Å². The van der Waals surface area contributed by atoms with Gasteiger partial charge >= 0.3 is 0 Å². The van der Waals surface area contributed by atoms with E-state index in [9.17, 15) is 4.79 Å². The number of benzene rings is 1. The van der Waals surface area contributed by atoms with E-state index in [1.165, 1.54) is 0 Å². The number of rotatable bonds is 6. The summed E-state index contributed by atoms with van der Waals surface area (Å²) in [6, 6.07) is 9.30. The fourth-order valence-corrected chi connectivity index (χ4v) is 4.05. The van der Waals surface area contributed by atoms with E-state index in [-0.39, 0.29) is 18.1 Å². The highest BCUT2D eigenvalue weighted by Gasteiger charge is 2.20. The van der Waals surface area contributed by atoms with Crippen molar-refractivity contribution in [2.45, 2.75) is 39.3 Å². The van der Waals surface area contributed by atoms with Gasteiger partial charge in [0.25, 0.3) is 5.91 Å². The molecule has 156 valence electrons. The molecule has 6 nitrogen and oxygen atoms in total. The number of pyridine rings is 1. The molecule has 0 bridgehead atoms. The predicted molar refractivity (Wildman–Crippen MR) is 117 cm³/mol. The zero-order valence-corrected chi connectivity index (χ0v) is 18.2. The average Bonchev–Trinajstić information content (AvgIpc) is 3.40. The van der Waals surface area contributed by atoms with Crippen LogP contribution in [-0.2, 0) is 4.74 Å². The van der Waals surface area contributed by atoms with Crippen LogP contribution in [0.3, 0.4) is 0 Å². The smallest absolute Gasteiger partial charge is 0.251 e. The van der Waals surface area contributed by atoms with Gasteiger partial charge in [-0.3, -0.25) is 9.78 Å². The van der Waals surface area contributed by atoms with Crippen LogP contribution in [-0.4, -0.2) is 35.2 Å². The van der Waals surface area contributed by atoms with E-state index in [4.69, 9.17) is 9.47 Å². The van der Waals surface area contributed by atoms with Gasteiger partial charge in [-0.05, 0) is 50.6 Å². The van der Waals surface area contributed by atoms with Crippen LogP contribution in [0.4, 0.5) is 0 Å². The fourth-order valence-electron chi connectivity index (χ4n) is 3.30. The third-order valence-electron chi connectivity index (χ3n) is 4.95. The highest BCUT2D eigenvalue weighted by atomic mass is 32.1. The van der Waals surface area contributed by atoms with Crippen LogP contribution >= 0.6 is 11.3 Å². The summed E-state index contributed by atoms with van der Waals surface area (Å²) in [5.74, 6) is 0.481. The van der Waals surface area contributed by atoms with E-state index >= 15 is 0 Å². The normalized spacial score (nSPS) is 17.0. The van der Waals surface area contributed by atoms with Crippen LogP contribution in [0.2, 0.25) is 0 Å². The summed E-state index contributed by atoms with van der Waals surface area (Å²) < 4.78 is 11.5. The molecule has 1 aromatic carbocycles. The molecule has 1 amide bonds. The number of nitrogens with zero attached hydrogens (tertiary/aromatic N) is 2. The van der Waals surface area contributed by atoms with Crippen LogP contribution in [0, 0.1) is 13.8 Å². The first-order valence-electron chi connectivity index (χ1n) is 10.0. The van der Waals surface area contributed by atoms with E-state index in [1.807, 2.05) is 51.2 Å². The predicted octanol–water partition coefficient (Wildman–Crippen LogP) is 4.48. The molecule has 3 heterocycles. The van der Waals surface area contributed by atoms with E-state index in [1.54, 1.807) is 23.6 Å². The zero-order valence-electron chi connectivity index (χ0n) is 17.3. The number of hydrogen-bond donors (Lipinski definition) is 1. The minimum Gasteiger partial charge on any atom is -0.488 e. The minimum atomic E-state index is -0.212. The molecule has 1 aliphatic heterocycles. The Labute approximate surface area is 180 Å². The van der Waals surface area contributed by atoms with Gasteiger partial charge in [-0.1, -0.05) is 6.07 Å². The van der Waals surface area contributed by atoms with Crippen molar-refractivity contribution in [1.29, 1.82) is 0 Å². The molecule has 2 atom stereocenters. The number of aryl methyl sites for hydroxylation is 2. The van der Waals surface area contributed by atoms with Crippen molar-refractivity contribution in [2.24, 2.45) is 0 Å². The van der Waals surface area contributed by atoms with E-state index in [0.717, 1.165) is 33.1 Å². The van der Waals surface area contributed by atoms with Crippen molar-refractivity contribution in [3.63, 3.8) is 0 Å². The molecular weight excluding hydrogens is 398 g/mol. The standard InChI is InChI=1S/C23H25N3O3S/c1-14-4-5-21(24-11-14)16(3)26-22(27)17-8-18(23-25-12-15(2)30-23)10-20(9-17)29-19-6-7-28-13-19/h4-5,8-12,16,19H,6-7,13H2,1-3H3,(H,26,27)/t16?,19-/m0/s1. The molecule has 4 rings (SSSR count). The molecule has 1 fully saturated rings. The van der Waals surface area contributed by atoms with Gasteiger partial charge in [0.2, 0.25) is 0 Å². The van der Waals surface area contributed by atoms with E-state index < -0.39 is 0 Å². The Balaban J connectivity index is 1.59. The second-order valence-corrected chi connectivity index (χ2v) is 8.82. The lowest BCUT2D eigenvalue weighted by atomic mass is 10.1. The van der Waals surface area contributed by atoms with Crippen LogP contribution in [0.25, 0.3) is 10.6 Å². The van der Waals surface area contributed by atoms with Crippen molar-refractivity contribution in [3.05, 3.63) is 64.4 Å². The number of ether oxygens (including phenoxy) is 2. The van der Waals surface area contributed by atoms with Gasteiger partial charge in [-0.15, -0.1) is 11.3 Å². The number of thiazole rings is 1. The lowest BCUT2D eigenvalue weighted by Crippen LogP contribution is -2.27. The Bertz CT molecular complexity index is 1030. The van der Waals surface area contributed by atoms with Crippen molar-refractivity contribution in [2.75, 3.05) is 13.2 Å². The molecule has 1 unspecified atom stereocenters. The van der Waals surface area contributed by atoms with Crippen LogP contribution in [0.1, 0.15) is 45.9 Å². The van der Waals surface area contributed by atoms with Gasteiger partial charge in [-0.25, -0.2) is 4.98 Å². The SMILES string of the molecule is Cc1ccc(C(C)NC(=O)c2cc(O[C@H]3CCOC3)cc(-c3ncc(C)s3)c2)nc1. The molecule has 1 saturated heterocycles. The van der Waals surface area contributed by atoms with Crippen LogP contribution in [0.15, 0.2) is 42.7 Å². The van der Waals surface area contributed by atoms with Gasteiger partial charge in [0, 0.05) is 34.8 Å². The first kappa shape index (κ1) is 20.5. The molecule has 0 radical (unpaired) electrons. The first-order valence-corrected chi connectivity index (χ1v) is 10.9. The number of nitrogens with one attached hydrogen (secondary N) is 1. The summed E-state index contributed by atoms with van der Waals surface area (Å²) in [5, 5.41) is 3.90. The number of aromatic nitrogens is 2. The molecule has 3 aromatic rings. The molecular formula is C23H25N3O3S. The van der Waals surface area contributed by atoms with Gasteiger partial charge in [-0.2, -0.15) is 0 Å². The minimum absolute atomic E-state index is 0.00451. The number of carbonyl (C=O) groups excluding carboxylic acids is 1. The maximum Gasteiger partial charge on any atom is 0.251 e. The van der Waals surface area contributed by atoms with Crippen molar-refractivity contribution >= 4 is 17.2 Å². The summed E-state index contributed by atoms with van der Waals surface area (Å²) in [6.45, 7) is 7.20. The van der Waals surface area contributed by atoms with Crippen LogP contribution in [0.5, 0.6) is 5.75 Å². The summed E-state index contributed by atoms with van der Waals surface area (Å²) in [7, 11) is 0. The third kappa shape index (κ3) is 4.86. The Morgan fingerprint density at radius 2 is 2.10 bits per heavy atom. The quantitative estimate of drug-likeness (QED) is 0.633. The third-order valence-corrected chi connectivity index (χ3v) is 5.91. The maximum atomic E-state index is 13.0. The summed E-state index contributed by atoms with van der Waals surface area (Å²) in [4.78, 5) is 23.0. The van der Waals surface area contributed by atoms with Gasteiger partial charge in [0.05, 0.1) is 24.9 Å². The molecule has 0 saturated carbocycles. The molecule has 1 N–H and O–H groups in total. The molecule has 7 heteroatoms. The molecule has 30 heavy (non-hydrogen) atoms. The molecule has 1 aliphatic rings. The Hall–Kier alpha value is -2.77. The number of amides is 1. The van der Waals surface area contributed by atoms with E-state index in [2.05, 4.69) is 15.3 Å². The summed E-state index contributed by atoms with van der Waals surface area (Å²) >= 11 is 1.59. The Morgan fingerprint density at radius 1 is 1.23 bits per heavy atom. The van der Waals surface area contributed by atoms with Crippen molar-refractivity contribution < 1.29 is 14.3 Å². The highest BCUT2D eigenvalue weighted by molar-refractivity contribution is 7.14. The van der Waals surface area contributed by atoms with Gasteiger partial charge in [0.1, 0.15) is 16.9 Å².